The number of nitrogens with zero attached hydrogens (tertiary/aromatic N) is 2. The summed E-state index contributed by atoms with van der Waals surface area (Å²) >= 11 is 0. The standard InChI is InChI=1S/C25H26N2O4/c1-17-15-23(27(18(2)28)19-9-5-4-6-10-19)21-11-7-8-12-22(21)26(17)25(29)24-14-13-20(31-24)16-30-3/h4-14,17,23H,15-16H2,1-3H3/t17-,23+/m1/s1. The van der Waals surface area contributed by atoms with Crippen molar-refractivity contribution in [3.05, 3.63) is 83.8 Å². The molecule has 1 aromatic heterocycles. The van der Waals surface area contributed by atoms with E-state index in [4.69, 9.17) is 9.15 Å². The van der Waals surface area contributed by atoms with E-state index in [2.05, 4.69) is 0 Å². The molecule has 2 amide bonds. The van der Waals surface area contributed by atoms with Gasteiger partial charge in [0.1, 0.15) is 12.4 Å². The Balaban J connectivity index is 1.74. The van der Waals surface area contributed by atoms with Gasteiger partial charge in [-0.1, -0.05) is 36.4 Å². The van der Waals surface area contributed by atoms with E-state index in [-0.39, 0.29) is 29.7 Å². The molecule has 0 radical (unpaired) electrons. The topological polar surface area (TPSA) is 63.0 Å². The second-order valence-corrected chi connectivity index (χ2v) is 7.76. The van der Waals surface area contributed by atoms with Crippen LogP contribution in [0, 0.1) is 0 Å². The lowest BCUT2D eigenvalue weighted by molar-refractivity contribution is -0.117. The minimum atomic E-state index is -0.199. The van der Waals surface area contributed by atoms with Crippen molar-refractivity contribution in [3.63, 3.8) is 0 Å². The van der Waals surface area contributed by atoms with Crippen molar-refractivity contribution < 1.29 is 18.7 Å². The molecule has 0 aliphatic carbocycles. The van der Waals surface area contributed by atoms with Crippen molar-refractivity contribution >= 4 is 23.2 Å². The van der Waals surface area contributed by atoms with Crippen LogP contribution in [0.25, 0.3) is 0 Å². The molecular formula is C25H26N2O4. The first-order valence-corrected chi connectivity index (χ1v) is 10.4. The third kappa shape index (κ3) is 3.99. The number of benzene rings is 2. The fourth-order valence-corrected chi connectivity index (χ4v) is 4.34. The summed E-state index contributed by atoms with van der Waals surface area (Å²) in [4.78, 5) is 29.7. The van der Waals surface area contributed by atoms with Crippen molar-refractivity contribution in [2.75, 3.05) is 16.9 Å². The molecule has 0 unspecified atom stereocenters. The maximum absolute atomic E-state index is 13.4. The highest BCUT2D eigenvalue weighted by atomic mass is 16.5. The number of hydrogen-bond donors (Lipinski definition) is 0. The van der Waals surface area contributed by atoms with E-state index in [0.717, 1.165) is 16.9 Å². The minimum Gasteiger partial charge on any atom is -0.453 e. The largest absolute Gasteiger partial charge is 0.453 e. The molecule has 0 spiro atoms. The van der Waals surface area contributed by atoms with Crippen LogP contribution in [0.3, 0.4) is 0 Å². The molecule has 2 heterocycles. The van der Waals surface area contributed by atoms with Crippen LogP contribution in [0.15, 0.2) is 71.1 Å². The Kier molecular flexibility index (Phi) is 5.91. The number of fused-ring (bicyclic) bond motifs is 1. The van der Waals surface area contributed by atoms with Crippen molar-refractivity contribution in [2.45, 2.75) is 39.0 Å². The van der Waals surface area contributed by atoms with Crippen molar-refractivity contribution in [3.8, 4) is 0 Å². The molecule has 0 fully saturated rings. The number of furan rings is 1. The fraction of sp³-hybridized carbons (Fsp3) is 0.280. The molecule has 0 N–H and O–H groups in total. The maximum Gasteiger partial charge on any atom is 0.294 e. The zero-order valence-electron chi connectivity index (χ0n) is 17.9. The normalized spacial score (nSPS) is 17.8. The van der Waals surface area contributed by atoms with Gasteiger partial charge in [-0.05, 0) is 49.2 Å². The van der Waals surface area contributed by atoms with Crippen LogP contribution in [0.5, 0.6) is 0 Å². The Morgan fingerprint density at radius 2 is 1.77 bits per heavy atom. The highest BCUT2D eigenvalue weighted by Crippen LogP contribution is 2.42. The SMILES string of the molecule is COCc1ccc(C(=O)N2c3ccccc3[C@@H](N(C(C)=O)c3ccccc3)C[C@H]2C)o1. The average Bonchev–Trinajstić information content (AvgIpc) is 3.23. The number of carbonyl (C=O) groups is 2. The van der Waals surface area contributed by atoms with Gasteiger partial charge in [0.25, 0.3) is 5.91 Å². The molecule has 6 nitrogen and oxygen atoms in total. The highest BCUT2D eigenvalue weighted by molar-refractivity contribution is 6.06. The monoisotopic (exact) mass is 418 g/mol. The smallest absolute Gasteiger partial charge is 0.294 e. The first kappa shape index (κ1) is 20.9. The molecule has 160 valence electrons. The summed E-state index contributed by atoms with van der Waals surface area (Å²) in [6, 6.07) is 20.6. The highest BCUT2D eigenvalue weighted by Gasteiger charge is 2.38. The van der Waals surface area contributed by atoms with E-state index < -0.39 is 0 Å². The summed E-state index contributed by atoms with van der Waals surface area (Å²) in [5, 5.41) is 0. The molecule has 0 saturated heterocycles. The number of carbonyl (C=O) groups excluding carboxylic acids is 2. The summed E-state index contributed by atoms with van der Waals surface area (Å²) in [7, 11) is 1.58. The molecular weight excluding hydrogens is 392 g/mol. The van der Waals surface area contributed by atoms with Crippen molar-refractivity contribution in [2.24, 2.45) is 0 Å². The zero-order chi connectivity index (χ0) is 22.0. The summed E-state index contributed by atoms with van der Waals surface area (Å²) in [6.45, 7) is 3.90. The number of anilines is 2. The van der Waals surface area contributed by atoms with Crippen LogP contribution in [0.1, 0.15) is 48.2 Å². The molecule has 0 saturated carbocycles. The quantitative estimate of drug-likeness (QED) is 0.588. The Labute approximate surface area is 182 Å². The van der Waals surface area contributed by atoms with Gasteiger partial charge in [-0.3, -0.25) is 9.59 Å². The number of ether oxygens (including phenoxy) is 1. The zero-order valence-corrected chi connectivity index (χ0v) is 17.9. The van der Waals surface area contributed by atoms with Crippen molar-refractivity contribution in [1.29, 1.82) is 0 Å². The number of methoxy groups -OCH3 is 1. The molecule has 2 aromatic carbocycles. The average molecular weight is 418 g/mol. The lowest BCUT2D eigenvalue weighted by Gasteiger charge is -2.43. The second-order valence-electron chi connectivity index (χ2n) is 7.76. The molecule has 6 heteroatoms. The van der Waals surface area contributed by atoms with Gasteiger partial charge in [-0.15, -0.1) is 0 Å². The molecule has 1 aliphatic rings. The van der Waals surface area contributed by atoms with E-state index >= 15 is 0 Å². The molecule has 0 bridgehead atoms. The first-order valence-electron chi connectivity index (χ1n) is 10.4. The molecule has 31 heavy (non-hydrogen) atoms. The van der Waals surface area contributed by atoms with Gasteiger partial charge < -0.3 is 19.0 Å². The third-order valence-electron chi connectivity index (χ3n) is 5.62. The minimum absolute atomic E-state index is 0.0341. The van der Waals surface area contributed by atoms with Gasteiger partial charge in [0.2, 0.25) is 5.91 Å². The molecule has 1 aliphatic heterocycles. The lowest BCUT2D eigenvalue weighted by atomic mass is 9.89. The van der Waals surface area contributed by atoms with E-state index in [0.29, 0.717) is 18.8 Å². The number of hydrogen-bond acceptors (Lipinski definition) is 4. The second kappa shape index (κ2) is 8.78. The number of amides is 2. The van der Waals surface area contributed by atoms with E-state index in [1.54, 1.807) is 31.1 Å². The summed E-state index contributed by atoms with van der Waals surface area (Å²) < 4.78 is 10.8. The van der Waals surface area contributed by atoms with Gasteiger partial charge in [0, 0.05) is 31.5 Å². The van der Waals surface area contributed by atoms with Crippen LogP contribution in [-0.2, 0) is 16.1 Å². The fourth-order valence-electron chi connectivity index (χ4n) is 4.34. The van der Waals surface area contributed by atoms with Crippen molar-refractivity contribution in [1.82, 2.24) is 0 Å². The predicted molar refractivity (Wildman–Crippen MR) is 119 cm³/mol. The van der Waals surface area contributed by atoms with Gasteiger partial charge in [-0.25, -0.2) is 0 Å². The maximum atomic E-state index is 13.4. The lowest BCUT2D eigenvalue weighted by Crippen LogP contribution is -2.47. The van der Waals surface area contributed by atoms with Gasteiger partial charge in [0.15, 0.2) is 5.76 Å². The van der Waals surface area contributed by atoms with Gasteiger partial charge in [0.05, 0.1) is 6.04 Å². The van der Waals surface area contributed by atoms with Gasteiger partial charge in [-0.2, -0.15) is 0 Å². The Hall–Kier alpha value is -3.38. The Morgan fingerprint density at radius 1 is 1.06 bits per heavy atom. The van der Waals surface area contributed by atoms with E-state index in [9.17, 15) is 9.59 Å². The number of para-hydroxylation sites is 2. The van der Waals surface area contributed by atoms with Crippen LogP contribution >= 0.6 is 0 Å². The number of rotatable bonds is 5. The van der Waals surface area contributed by atoms with Crippen LogP contribution in [0.2, 0.25) is 0 Å². The summed E-state index contributed by atoms with van der Waals surface area (Å²) in [6.07, 6.45) is 0.614. The molecule has 4 rings (SSSR count). The van der Waals surface area contributed by atoms with Crippen LogP contribution < -0.4 is 9.80 Å². The molecule has 2 atom stereocenters. The third-order valence-corrected chi connectivity index (χ3v) is 5.62. The summed E-state index contributed by atoms with van der Waals surface area (Å²) in [5.41, 5.74) is 2.58. The first-order chi connectivity index (χ1) is 15.0. The van der Waals surface area contributed by atoms with Crippen LogP contribution in [-0.4, -0.2) is 25.0 Å². The Morgan fingerprint density at radius 3 is 2.48 bits per heavy atom. The Bertz CT molecular complexity index is 1080. The molecule has 3 aromatic rings. The summed E-state index contributed by atoms with van der Waals surface area (Å²) in [5.74, 6) is 0.648. The van der Waals surface area contributed by atoms with E-state index in [1.807, 2.05) is 66.4 Å². The van der Waals surface area contributed by atoms with Gasteiger partial charge >= 0.3 is 0 Å². The predicted octanol–water partition coefficient (Wildman–Crippen LogP) is 4.96. The van der Waals surface area contributed by atoms with E-state index in [1.165, 1.54) is 0 Å². The van der Waals surface area contributed by atoms with Crippen LogP contribution in [0.4, 0.5) is 11.4 Å².